The van der Waals surface area contributed by atoms with Crippen molar-refractivity contribution in [3.05, 3.63) is 134 Å². The highest BCUT2D eigenvalue weighted by Gasteiger charge is 2.23. The summed E-state index contributed by atoms with van der Waals surface area (Å²) in [5, 5.41) is 23.7. The fourth-order valence-electron chi connectivity index (χ4n) is 7.01. The van der Waals surface area contributed by atoms with Crippen LogP contribution in [0.4, 0.5) is 0 Å². The van der Waals surface area contributed by atoms with E-state index in [0.717, 1.165) is 77.0 Å². The maximum absolute atomic E-state index is 13.2. The van der Waals surface area contributed by atoms with E-state index in [1.807, 2.05) is 54.7 Å². The van der Waals surface area contributed by atoms with E-state index in [1.54, 1.807) is 0 Å². The molecule has 0 aromatic carbocycles. The van der Waals surface area contributed by atoms with Crippen LogP contribution in [0.15, 0.2) is 134 Å². The molecule has 0 radical (unpaired) electrons. The zero-order chi connectivity index (χ0) is 47.4. The highest BCUT2D eigenvalue weighted by Crippen LogP contribution is 2.16. The van der Waals surface area contributed by atoms with Crippen LogP contribution in [0.1, 0.15) is 201 Å². The molecule has 0 aliphatic rings. The van der Waals surface area contributed by atoms with Gasteiger partial charge in [-0.1, -0.05) is 244 Å². The smallest absolute Gasteiger partial charge is 0.306 e. The molecule has 3 atom stereocenters. The van der Waals surface area contributed by atoms with Crippen molar-refractivity contribution in [1.82, 2.24) is 5.32 Å². The summed E-state index contributed by atoms with van der Waals surface area (Å²) < 4.78 is 5.85. The van der Waals surface area contributed by atoms with E-state index in [4.69, 9.17) is 4.74 Å². The van der Waals surface area contributed by atoms with E-state index in [2.05, 4.69) is 105 Å². The molecule has 3 unspecified atom stereocenters. The van der Waals surface area contributed by atoms with E-state index in [9.17, 15) is 19.8 Å². The lowest BCUT2D eigenvalue weighted by atomic mass is 10.0. The normalized spacial score (nSPS) is 14.4. The van der Waals surface area contributed by atoms with Gasteiger partial charge in [0.1, 0.15) is 6.10 Å². The average Bonchev–Trinajstić information content (AvgIpc) is 3.30. The third-order valence-corrected chi connectivity index (χ3v) is 10.9. The topological polar surface area (TPSA) is 95.9 Å². The van der Waals surface area contributed by atoms with Gasteiger partial charge >= 0.3 is 5.97 Å². The molecule has 6 heteroatoms. The molecule has 0 heterocycles. The fourth-order valence-corrected chi connectivity index (χ4v) is 7.01. The van der Waals surface area contributed by atoms with E-state index < -0.39 is 18.2 Å². The quantitative estimate of drug-likeness (QED) is 0.0245. The van der Waals surface area contributed by atoms with Crippen molar-refractivity contribution >= 4 is 11.9 Å². The Morgan fingerprint density at radius 2 is 0.908 bits per heavy atom. The predicted octanol–water partition coefficient (Wildman–Crippen LogP) is 15.8. The highest BCUT2D eigenvalue weighted by atomic mass is 16.5. The number of aliphatic hydroxyl groups is 2. The van der Waals surface area contributed by atoms with E-state index >= 15 is 0 Å². The van der Waals surface area contributed by atoms with Crippen molar-refractivity contribution in [2.75, 3.05) is 6.61 Å². The van der Waals surface area contributed by atoms with E-state index in [1.165, 1.54) is 70.6 Å². The van der Waals surface area contributed by atoms with E-state index in [-0.39, 0.29) is 31.3 Å². The number of nitrogens with one attached hydrogen (secondary N) is 1. The van der Waals surface area contributed by atoms with Crippen LogP contribution < -0.4 is 5.32 Å². The highest BCUT2D eigenvalue weighted by molar-refractivity contribution is 5.77. The van der Waals surface area contributed by atoms with Gasteiger partial charge in [0.2, 0.25) is 5.91 Å². The van der Waals surface area contributed by atoms with Crippen molar-refractivity contribution in [3.63, 3.8) is 0 Å². The standard InChI is InChI=1S/C59H95NO5/c1-4-7-10-13-16-19-22-25-27-28-29-30-31-34-37-40-43-46-49-52-59(64)65-55(50-47-44-41-38-35-32-24-21-18-15-12-9-6-3)53-58(63)60-56(54-61)57(62)51-48-45-42-39-36-33-26-23-20-17-14-11-8-5-2/h7,9-10,12,15-16,18-19,21,24-25,27,29-30,32,34-35,37-38,41,43,46,55-57,61-62H,4-6,8,11,13-14,17,20,22-23,26,28,31,33,36,39-40,42,44-45,47-54H2,1-3H3,(H,60,63)/b10-7-,12-9+,18-15+,19-16-,24-21-,27-25-,30-29-,35-32-,37-34-,41-38+,46-43-. The first-order valence-corrected chi connectivity index (χ1v) is 26.0. The molecule has 0 bridgehead atoms. The molecule has 0 spiro atoms. The number of unbranched alkanes of at least 4 members (excludes halogenated alkanes) is 14. The number of hydrogen-bond donors (Lipinski definition) is 3. The van der Waals surface area contributed by atoms with Gasteiger partial charge in [-0.15, -0.1) is 0 Å². The lowest BCUT2D eigenvalue weighted by molar-refractivity contribution is -0.150. The number of amides is 1. The number of aliphatic hydroxyl groups excluding tert-OH is 2. The summed E-state index contributed by atoms with van der Waals surface area (Å²) in [5.74, 6) is -0.660. The van der Waals surface area contributed by atoms with Gasteiger partial charge in [0.15, 0.2) is 0 Å². The Kier molecular flexibility index (Phi) is 47.9. The minimum atomic E-state index is -0.828. The number of carbonyl (C=O) groups is 2. The SMILES string of the molecule is CC/C=C\C/C=C\C/C=C\C/C=C\C/C=C\C/C=C\CCC(=O)OC(CCC/C=C/C=C\C=C/C=C/C=C/CC)CC(=O)NC(CO)C(O)CCCCCCCCCCCCCCCC. The summed E-state index contributed by atoms with van der Waals surface area (Å²) in [6.45, 7) is 6.17. The molecule has 0 aliphatic carbocycles. The van der Waals surface area contributed by atoms with Gasteiger partial charge in [-0.2, -0.15) is 0 Å². The van der Waals surface area contributed by atoms with Gasteiger partial charge in [0, 0.05) is 6.42 Å². The van der Waals surface area contributed by atoms with Gasteiger partial charge in [-0.3, -0.25) is 9.59 Å². The van der Waals surface area contributed by atoms with Crippen LogP contribution >= 0.6 is 0 Å². The predicted molar refractivity (Wildman–Crippen MR) is 282 cm³/mol. The van der Waals surface area contributed by atoms with Crippen molar-refractivity contribution in [2.24, 2.45) is 0 Å². The molecular weight excluding hydrogens is 803 g/mol. The summed E-state index contributed by atoms with van der Waals surface area (Å²) in [6.07, 6.45) is 72.4. The molecule has 1 amide bonds. The second-order valence-corrected chi connectivity index (χ2v) is 16.9. The lowest BCUT2D eigenvalue weighted by Gasteiger charge is -2.24. The molecule has 0 fully saturated rings. The van der Waals surface area contributed by atoms with Crippen molar-refractivity contribution < 1.29 is 24.5 Å². The zero-order valence-electron chi connectivity index (χ0n) is 41.6. The summed E-state index contributed by atoms with van der Waals surface area (Å²) in [5.41, 5.74) is 0. The van der Waals surface area contributed by atoms with Crippen molar-refractivity contribution in [3.8, 4) is 0 Å². The summed E-state index contributed by atoms with van der Waals surface area (Å²) in [4.78, 5) is 26.1. The Balaban J connectivity index is 4.80. The second kappa shape index (κ2) is 51.0. The minimum Gasteiger partial charge on any atom is -0.462 e. The third-order valence-electron chi connectivity index (χ3n) is 10.9. The Hall–Kier alpha value is -4.00. The summed E-state index contributed by atoms with van der Waals surface area (Å²) >= 11 is 0. The van der Waals surface area contributed by atoms with Crippen LogP contribution in [0.5, 0.6) is 0 Å². The number of esters is 1. The first-order valence-electron chi connectivity index (χ1n) is 26.0. The van der Waals surface area contributed by atoms with Crippen LogP contribution in [-0.2, 0) is 14.3 Å². The van der Waals surface area contributed by atoms with Crippen LogP contribution in [0.2, 0.25) is 0 Å². The number of hydrogen-bond acceptors (Lipinski definition) is 5. The molecular formula is C59H95NO5. The Bertz CT molecular complexity index is 1420. The molecule has 0 aromatic rings. The van der Waals surface area contributed by atoms with Gasteiger partial charge in [0.05, 0.1) is 25.2 Å². The second-order valence-electron chi connectivity index (χ2n) is 16.9. The van der Waals surface area contributed by atoms with Crippen molar-refractivity contribution in [2.45, 2.75) is 219 Å². The number of rotatable bonds is 44. The van der Waals surface area contributed by atoms with Crippen LogP contribution in [-0.4, -0.2) is 46.9 Å². The van der Waals surface area contributed by atoms with Gasteiger partial charge in [0.25, 0.3) is 0 Å². The molecule has 6 nitrogen and oxygen atoms in total. The van der Waals surface area contributed by atoms with Crippen molar-refractivity contribution in [1.29, 1.82) is 0 Å². The van der Waals surface area contributed by atoms with Gasteiger partial charge in [-0.25, -0.2) is 0 Å². The molecule has 3 N–H and O–H groups in total. The summed E-state index contributed by atoms with van der Waals surface area (Å²) in [7, 11) is 0. The molecule has 0 rings (SSSR count). The third kappa shape index (κ3) is 46.3. The van der Waals surface area contributed by atoms with E-state index in [0.29, 0.717) is 19.3 Å². The largest absolute Gasteiger partial charge is 0.462 e. The van der Waals surface area contributed by atoms with Crippen LogP contribution in [0, 0.1) is 0 Å². The van der Waals surface area contributed by atoms with Crippen LogP contribution in [0.3, 0.4) is 0 Å². The van der Waals surface area contributed by atoms with Gasteiger partial charge in [-0.05, 0) is 77.0 Å². The Morgan fingerprint density at radius 3 is 1.38 bits per heavy atom. The zero-order valence-corrected chi connectivity index (χ0v) is 41.6. The number of carbonyl (C=O) groups excluding carboxylic acids is 2. The Morgan fingerprint density at radius 1 is 0.477 bits per heavy atom. The number of ether oxygens (including phenoxy) is 1. The maximum Gasteiger partial charge on any atom is 0.306 e. The lowest BCUT2D eigenvalue weighted by Crippen LogP contribution is -2.46. The molecule has 0 saturated carbocycles. The maximum atomic E-state index is 13.2. The molecule has 366 valence electrons. The molecule has 0 aliphatic heterocycles. The van der Waals surface area contributed by atoms with Gasteiger partial charge < -0.3 is 20.3 Å². The molecule has 0 saturated heterocycles. The minimum absolute atomic E-state index is 0.0108. The average molecular weight is 898 g/mol. The van der Waals surface area contributed by atoms with Crippen LogP contribution in [0.25, 0.3) is 0 Å². The monoisotopic (exact) mass is 898 g/mol. The fraction of sp³-hybridized carbons (Fsp3) is 0.593. The Labute approximate surface area is 399 Å². The number of allylic oxidation sites excluding steroid dienone is 22. The first-order chi connectivity index (χ1) is 32.0. The first kappa shape index (κ1) is 61.0. The molecule has 65 heavy (non-hydrogen) atoms. The summed E-state index contributed by atoms with van der Waals surface area (Å²) in [6, 6.07) is -0.749. The molecule has 0 aromatic heterocycles.